The second kappa shape index (κ2) is 15.8. The largest absolute Gasteiger partial charge is 0.395 e. The predicted molar refractivity (Wildman–Crippen MR) is 107 cm³/mol. The molecule has 3 N–H and O–H groups in total. The van der Waals surface area contributed by atoms with Crippen LogP contribution in [-0.2, 0) is 27.2 Å². The first-order chi connectivity index (χ1) is 12.4. The van der Waals surface area contributed by atoms with E-state index >= 15 is 0 Å². The first-order valence-electron chi connectivity index (χ1n) is 8.25. The van der Waals surface area contributed by atoms with E-state index in [4.69, 9.17) is 21.4 Å². The molecular formula is C19H28ClNO4S. The summed E-state index contributed by atoms with van der Waals surface area (Å²) in [6.45, 7) is 3.31. The smallest absolute Gasteiger partial charge is 0.211 e. The summed E-state index contributed by atoms with van der Waals surface area (Å²) in [7, 11) is -3.42. The molecule has 2 aromatic carbocycles. The van der Waals surface area contributed by atoms with Gasteiger partial charge in [-0.25, -0.2) is 13.6 Å². The van der Waals surface area contributed by atoms with Gasteiger partial charge >= 0.3 is 0 Å². The molecule has 0 saturated carbocycles. The molecule has 0 aliphatic carbocycles. The molecule has 0 bridgehead atoms. The second-order valence-corrected chi connectivity index (χ2v) is 7.25. The van der Waals surface area contributed by atoms with Gasteiger partial charge in [-0.05, 0) is 17.5 Å². The Labute approximate surface area is 161 Å². The Morgan fingerprint density at radius 1 is 1.00 bits per heavy atom. The summed E-state index contributed by atoms with van der Waals surface area (Å²) >= 11 is 5.53. The fourth-order valence-electron chi connectivity index (χ4n) is 1.60. The topological polar surface area (TPSA) is 89.6 Å². The van der Waals surface area contributed by atoms with Gasteiger partial charge in [0.05, 0.1) is 19.0 Å². The highest BCUT2D eigenvalue weighted by molar-refractivity contribution is 7.89. The van der Waals surface area contributed by atoms with Crippen LogP contribution in [0.2, 0.25) is 0 Å². The normalized spacial score (nSPS) is 10.2. The molecule has 0 unspecified atom stereocenters. The van der Waals surface area contributed by atoms with Crippen molar-refractivity contribution in [1.82, 2.24) is 0 Å². The number of alkyl halides is 1. The quantitative estimate of drug-likeness (QED) is 0.550. The Bertz CT molecular complexity index is 652. The zero-order valence-corrected chi connectivity index (χ0v) is 16.6. The zero-order chi connectivity index (χ0) is 19.7. The molecule has 0 spiro atoms. The SMILES string of the molecule is CCCOCc1ccccc1.ClCc1ccccc1.NS(=O)(=O)CCO. The molecular weight excluding hydrogens is 374 g/mol. The molecule has 0 aromatic heterocycles. The molecule has 0 fully saturated rings. The molecule has 146 valence electrons. The molecule has 2 rings (SSSR count). The van der Waals surface area contributed by atoms with Crippen LogP contribution in [0.4, 0.5) is 0 Å². The summed E-state index contributed by atoms with van der Waals surface area (Å²) in [5, 5.41) is 12.4. The predicted octanol–water partition coefficient (Wildman–Crippen LogP) is 3.31. The lowest BCUT2D eigenvalue weighted by Gasteiger charge is -2.00. The van der Waals surface area contributed by atoms with E-state index in [2.05, 4.69) is 24.2 Å². The zero-order valence-electron chi connectivity index (χ0n) is 15.1. The Morgan fingerprint density at radius 2 is 1.50 bits per heavy atom. The van der Waals surface area contributed by atoms with Crippen LogP contribution in [0.25, 0.3) is 0 Å². The van der Waals surface area contributed by atoms with Crippen LogP contribution in [0.5, 0.6) is 0 Å². The summed E-state index contributed by atoms with van der Waals surface area (Å²) in [6, 6.07) is 20.2. The summed E-state index contributed by atoms with van der Waals surface area (Å²) in [5.74, 6) is 0.258. The van der Waals surface area contributed by atoms with E-state index in [1.165, 1.54) is 11.1 Å². The second-order valence-electron chi connectivity index (χ2n) is 5.25. The van der Waals surface area contributed by atoms with Crippen LogP contribution < -0.4 is 5.14 Å². The third-order valence-electron chi connectivity index (χ3n) is 2.83. The number of ether oxygens (including phenoxy) is 1. The summed E-state index contributed by atoms with van der Waals surface area (Å²) in [6.07, 6.45) is 1.09. The van der Waals surface area contributed by atoms with E-state index in [0.29, 0.717) is 5.88 Å². The summed E-state index contributed by atoms with van der Waals surface area (Å²) in [5.41, 5.74) is 2.43. The number of aliphatic hydroxyl groups excluding tert-OH is 1. The first kappa shape index (κ1) is 24.6. The van der Waals surface area contributed by atoms with E-state index in [1.54, 1.807) is 0 Å². The van der Waals surface area contributed by atoms with Crippen LogP contribution in [0.15, 0.2) is 60.7 Å². The lowest BCUT2D eigenvalue weighted by molar-refractivity contribution is 0.121. The van der Waals surface area contributed by atoms with Crippen molar-refractivity contribution in [1.29, 1.82) is 0 Å². The molecule has 5 nitrogen and oxygen atoms in total. The highest BCUT2D eigenvalue weighted by Crippen LogP contribution is 2.01. The Hall–Kier alpha value is -1.44. The van der Waals surface area contributed by atoms with E-state index in [1.807, 2.05) is 48.5 Å². The minimum Gasteiger partial charge on any atom is -0.395 e. The van der Waals surface area contributed by atoms with Crippen LogP contribution >= 0.6 is 11.6 Å². The van der Waals surface area contributed by atoms with Crippen molar-refractivity contribution in [2.45, 2.75) is 25.8 Å². The highest BCUT2D eigenvalue weighted by atomic mass is 35.5. The molecule has 0 aliphatic heterocycles. The van der Waals surface area contributed by atoms with Gasteiger partial charge in [-0.15, -0.1) is 11.6 Å². The van der Waals surface area contributed by atoms with Crippen LogP contribution in [0.1, 0.15) is 24.5 Å². The highest BCUT2D eigenvalue weighted by Gasteiger charge is 1.97. The number of hydrogen-bond acceptors (Lipinski definition) is 4. The molecule has 2 aromatic rings. The van der Waals surface area contributed by atoms with Gasteiger partial charge in [0.2, 0.25) is 10.0 Å². The maximum Gasteiger partial charge on any atom is 0.211 e. The van der Waals surface area contributed by atoms with E-state index in [9.17, 15) is 8.42 Å². The van der Waals surface area contributed by atoms with Gasteiger partial charge in [0.1, 0.15) is 0 Å². The molecule has 0 amide bonds. The van der Waals surface area contributed by atoms with Crippen molar-refractivity contribution in [3.05, 3.63) is 71.8 Å². The van der Waals surface area contributed by atoms with Gasteiger partial charge in [0.15, 0.2) is 0 Å². The van der Waals surface area contributed by atoms with Crippen LogP contribution in [0, 0.1) is 0 Å². The number of rotatable bonds is 7. The standard InChI is InChI=1S/C10H14O.C7H7Cl.C2H7NO3S/c1-2-8-11-9-10-6-4-3-5-7-10;8-6-7-4-2-1-3-5-7;3-7(5,6)2-1-4/h3-7H,2,8-9H2,1H3;1-5H,6H2;4H,1-2H2,(H2,3,5,6). The van der Waals surface area contributed by atoms with Gasteiger partial charge in [0.25, 0.3) is 0 Å². The molecule has 0 saturated heterocycles. The fourth-order valence-corrected chi connectivity index (χ4v) is 2.04. The van der Waals surface area contributed by atoms with Crippen LogP contribution in [-0.4, -0.2) is 32.5 Å². The number of hydrogen-bond donors (Lipinski definition) is 2. The van der Waals surface area contributed by atoms with Crippen molar-refractivity contribution < 1.29 is 18.3 Å². The number of benzene rings is 2. The number of nitrogens with two attached hydrogens (primary N) is 1. The minimum absolute atomic E-state index is 0.354. The Kier molecular flexibility index (Phi) is 14.9. The van der Waals surface area contributed by atoms with Gasteiger partial charge < -0.3 is 9.84 Å². The molecule has 0 heterocycles. The summed E-state index contributed by atoms with van der Waals surface area (Å²) < 4.78 is 25.1. The number of halogens is 1. The lowest BCUT2D eigenvalue weighted by Crippen LogP contribution is -2.18. The number of primary sulfonamides is 1. The van der Waals surface area contributed by atoms with Crippen molar-refractivity contribution in [2.24, 2.45) is 5.14 Å². The maximum absolute atomic E-state index is 9.85. The third-order valence-corrected chi connectivity index (χ3v) is 3.89. The minimum atomic E-state index is -3.42. The van der Waals surface area contributed by atoms with Gasteiger partial charge in [-0.3, -0.25) is 0 Å². The van der Waals surface area contributed by atoms with Gasteiger partial charge in [-0.2, -0.15) is 0 Å². The third kappa shape index (κ3) is 16.1. The van der Waals surface area contributed by atoms with Gasteiger partial charge in [-0.1, -0.05) is 67.6 Å². The molecule has 0 atom stereocenters. The summed E-state index contributed by atoms with van der Waals surface area (Å²) in [4.78, 5) is 0. The average Bonchev–Trinajstić information content (AvgIpc) is 2.64. The lowest BCUT2D eigenvalue weighted by atomic mass is 10.2. The molecule has 0 radical (unpaired) electrons. The molecule has 0 aliphatic rings. The maximum atomic E-state index is 9.85. The van der Waals surface area contributed by atoms with E-state index < -0.39 is 16.6 Å². The van der Waals surface area contributed by atoms with Crippen molar-refractivity contribution >= 4 is 21.6 Å². The van der Waals surface area contributed by atoms with Crippen molar-refractivity contribution in [2.75, 3.05) is 19.0 Å². The van der Waals surface area contributed by atoms with Crippen molar-refractivity contribution in [3.63, 3.8) is 0 Å². The van der Waals surface area contributed by atoms with E-state index in [-0.39, 0.29) is 5.75 Å². The molecule has 26 heavy (non-hydrogen) atoms. The Morgan fingerprint density at radius 3 is 1.81 bits per heavy atom. The van der Waals surface area contributed by atoms with E-state index in [0.717, 1.165) is 19.6 Å². The Balaban J connectivity index is 0.000000373. The average molecular weight is 402 g/mol. The van der Waals surface area contributed by atoms with Gasteiger partial charge in [0, 0.05) is 12.5 Å². The van der Waals surface area contributed by atoms with Crippen molar-refractivity contribution in [3.8, 4) is 0 Å². The molecule has 7 heteroatoms. The fraction of sp³-hybridized carbons (Fsp3) is 0.368. The number of aliphatic hydroxyl groups is 1. The number of sulfonamides is 1. The monoisotopic (exact) mass is 401 g/mol. The van der Waals surface area contributed by atoms with Crippen LogP contribution in [0.3, 0.4) is 0 Å². The first-order valence-corrected chi connectivity index (χ1v) is 10.5.